The highest BCUT2D eigenvalue weighted by Gasteiger charge is 2.07. The summed E-state index contributed by atoms with van der Waals surface area (Å²) in [6.07, 6.45) is 3.15. The molecule has 0 heterocycles. The Hall–Kier alpha value is -0.700. The molecule has 0 saturated heterocycles. The summed E-state index contributed by atoms with van der Waals surface area (Å²) in [5, 5.41) is 0. The van der Waals surface area contributed by atoms with Crippen LogP contribution in [-0.4, -0.2) is 24.8 Å². The quantitative estimate of drug-likeness (QED) is 0.553. The molecular formula is C14H26O3. The van der Waals surface area contributed by atoms with Gasteiger partial charge in [0.25, 0.3) is 0 Å². The Labute approximate surface area is 105 Å². The van der Waals surface area contributed by atoms with Crippen molar-refractivity contribution in [3.8, 4) is 0 Å². The largest absolute Gasteiger partial charge is 0.381 e. The Kier molecular flexibility index (Phi) is 8.96. The van der Waals surface area contributed by atoms with E-state index in [0.717, 1.165) is 12.8 Å². The Morgan fingerprint density at radius 1 is 0.882 bits per heavy atom. The van der Waals surface area contributed by atoms with Gasteiger partial charge in [-0.2, -0.15) is 0 Å². The number of carbonyl (C=O) groups is 2. The minimum atomic E-state index is 0.243. The van der Waals surface area contributed by atoms with E-state index in [1.54, 1.807) is 13.8 Å². The van der Waals surface area contributed by atoms with Crippen LogP contribution in [0, 0.1) is 11.8 Å². The zero-order valence-corrected chi connectivity index (χ0v) is 11.6. The zero-order valence-electron chi connectivity index (χ0n) is 11.6. The first kappa shape index (κ1) is 16.3. The van der Waals surface area contributed by atoms with Gasteiger partial charge in [-0.15, -0.1) is 0 Å². The number of hydrogen-bond acceptors (Lipinski definition) is 3. The third-order valence-electron chi connectivity index (χ3n) is 2.78. The topological polar surface area (TPSA) is 43.4 Å². The molecule has 100 valence electrons. The third-order valence-corrected chi connectivity index (χ3v) is 2.78. The summed E-state index contributed by atoms with van der Waals surface area (Å²) in [5.41, 5.74) is 0. The smallest absolute Gasteiger partial charge is 0.130 e. The highest BCUT2D eigenvalue weighted by Crippen LogP contribution is 2.10. The van der Waals surface area contributed by atoms with Crippen LogP contribution in [0.3, 0.4) is 0 Å². The number of ether oxygens (including phenoxy) is 1. The second kappa shape index (κ2) is 9.34. The van der Waals surface area contributed by atoms with Crippen LogP contribution < -0.4 is 0 Å². The molecule has 0 aromatic rings. The van der Waals surface area contributed by atoms with Gasteiger partial charge in [0.15, 0.2) is 0 Å². The van der Waals surface area contributed by atoms with Gasteiger partial charge in [-0.1, -0.05) is 13.8 Å². The standard InChI is InChI=1S/C14H26O3/c1-11(9-13(3)15)5-7-17-8-6-12(2)10-14(4)16/h11-12H,5-10H2,1-4H3/t11-,12-/m1/s1. The lowest BCUT2D eigenvalue weighted by Gasteiger charge is -2.12. The summed E-state index contributed by atoms with van der Waals surface area (Å²) in [6, 6.07) is 0. The lowest BCUT2D eigenvalue weighted by atomic mass is 10.0. The maximum absolute atomic E-state index is 10.9. The monoisotopic (exact) mass is 242 g/mol. The molecule has 0 radical (unpaired) electrons. The molecule has 3 nitrogen and oxygen atoms in total. The van der Waals surface area contributed by atoms with Crippen molar-refractivity contribution in [1.29, 1.82) is 0 Å². The zero-order chi connectivity index (χ0) is 13.3. The predicted octanol–water partition coefficient (Wildman–Crippen LogP) is 3.01. The van der Waals surface area contributed by atoms with Crippen molar-refractivity contribution < 1.29 is 14.3 Å². The van der Waals surface area contributed by atoms with E-state index in [0.29, 0.717) is 37.9 Å². The van der Waals surface area contributed by atoms with Crippen molar-refractivity contribution in [2.75, 3.05) is 13.2 Å². The van der Waals surface area contributed by atoms with Crippen molar-refractivity contribution >= 4 is 11.6 Å². The van der Waals surface area contributed by atoms with Crippen molar-refractivity contribution in [2.45, 2.75) is 53.4 Å². The van der Waals surface area contributed by atoms with E-state index in [9.17, 15) is 9.59 Å². The third kappa shape index (κ3) is 11.6. The average molecular weight is 242 g/mol. The highest BCUT2D eigenvalue weighted by atomic mass is 16.5. The molecule has 0 fully saturated rings. The molecule has 0 spiro atoms. The van der Waals surface area contributed by atoms with Crippen LogP contribution in [0.1, 0.15) is 53.4 Å². The second-order valence-corrected chi connectivity index (χ2v) is 5.21. The fourth-order valence-corrected chi connectivity index (χ4v) is 1.86. The molecule has 0 aromatic carbocycles. The van der Waals surface area contributed by atoms with Gasteiger partial charge in [-0.25, -0.2) is 0 Å². The van der Waals surface area contributed by atoms with Gasteiger partial charge in [-0.05, 0) is 38.5 Å². The summed E-state index contributed by atoms with van der Waals surface area (Å²) in [5.74, 6) is 1.30. The molecule has 17 heavy (non-hydrogen) atoms. The lowest BCUT2D eigenvalue weighted by Crippen LogP contribution is -2.09. The molecule has 0 aliphatic carbocycles. The molecule has 0 aliphatic rings. The minimum absolute atomic E-state index is 0.243. The summed E-state index contributed by atoms with van der Waals surface area (Å²) in [7, 11) is 0. The Morgan fingerprint density at radius 3 is 1.53 bits per heavy atom. The molecule has 3 heteroatoms. The molecule has 0 saturated carbocycles. The van der Waals surface area contributed by atoms with Crippen LogP contribution in [0.2, 0.25) is 0 Å². The van der Waals surface area contributed by atoms with Crippen LogP contribution in [0.15, 0.2) is 0 Å². The molecule has 0 aromatic heterocycles. The number of Topliss-reactive ketones (excluding diaryl/α,β-unsaturated/α-hetero) is 2. The number of hydrogen-bond donors (Lipinski definition) is 0. The predicted molar refractivity (Wildman–Crippen MR) is 69.0 cm³/mol. The fraction of sp³-hybridized carbons (Fsp3) is 0.857. The number of rotatable bonds is 10. The summed E-state index contributed by atoms with van der Waals surface area (Å²) < 4.78 is 5.52. The molecule has 0 aliphatic heterocycles. The van der Waals surface area contributed by atoms with E-state index in [1.807, 2.05) is 0 Å². The van der Waals surface area contributed by atoms with Gasteiger partial charge in [0.05, 0.1) is 0 Å². The molecule has 0 bridgehead atoms. The molecule has 0 N–H and O–H groups in total. The van der Waals surface area contributed by atoms with Crippen molar-refractivity contribution in [3.63, 3.8) is 0 Å². The van der Waals surface area contributed by atoms with E-state index in [2.05, 4.69) is 13.8 Å². The van der Waals surface area contributed by atoms with Crippen molar-refractivity contribution in [2.24, 2.45) is 11.8 Å². The summed E-state index contributed by atoms with van der Waals surface area (Å²) in [6.45, 7) is 8.82. The van der Waals surface area contributed by atoms with E-state index in [-0.39, 0.29) is 11.6 Å². The minimum Gasteiger partial charge on any atom is -0.381 e. The lowest BCUT2D eigenvalue weighted by molar-refractivity contribution is -0.118. The van der Waals surface area contributed by atoms with Crippen LogP contribution >= 0.6 is 0 Å². The van der Waals surface area contributed by atoms with E-state index >= 15 is 0 Å². The number of carbonyl (C=O) groups excluding carboxylic acids is 2. The molecule has 0 amide bonds. The van der Waals surface area contributed by atoms with Gasteiger partial charge < -0.3 is 14.3 Å². The van der Waals surface area contributed by atoms with Crippen LogP contribution in [0.5, 0.6) is 0 Å². The van der Waals surface area contributed by atoms with Gasteiger partial charge in [0.1, 0.15) is 11.6 Å². The first-order valence-electron chi connectivity index (χ1n) is 6.48. The Morgan fingerprint density at radius 2 is 1.24 bits per heavy atom. The van der Waals surface area contributed by atoms with Crippen LogP contribution in [0.4, 0.5) is 0 Å². The molecule has 0 unspecified atom stereocenters. The van der Waals surface area contributed by atoms with Gasteiger partial charge in [0, 0.05) is 26.1 Å². The Bertz CT molecular complexity index is 212. The number of ketones is 2. The average Bonchev–Trinajstić information content (AvgIpc) is 2.14. The van der Waals surface area contributed by atoms with E-state index < -0.39 is 0 Å². The fourth-order valence-electron chi connectivity index (χ4n) is 1.86. The van der Waals surface area contributed by atoms with Crippen LogP contribution in [-0.2, 0) is 14.3 Å². The van der Waals surface area contributed by atoms with Crippen molar-refractivity contribution in [3.05, 3.63) is 0 Å². The Balaban J connectivity index is 3.39. The molecule has 0 rings (SSSR count). The second-order valence-electron chi connectivity index (χ2n) is 5.21. The summed E-state index contributed by atoms with van der Waals surface area (Å²) in [4.78, 5) is 21.7. The molecule has 2 atom stereocenters. The maximum atomic E-state index is 10.9. The normalized spacial score (nSPS) is 14.4. The maximum Gasteiger partial charge on any atom is 0.130 e. The first-order chi connectivity index (χ1) is 7.91. The molecular weight excluding hydrogens is 216 g/mol. The van der Waals surface area contributed by atoms with Crippen molar-refractivity contribution in [1.82, 2.24) is 0 Å². The first-order valence-corrected chi connectivity index (χ1v) is 6.48. The summed E-state index contributed by atoms with van der Waals surface area (Å²) >= 11 is 0. The van der Waals surface area contributed by atoms with Crippen LogP contribution in [0.25, 0.3) is 0 Å². The van der Waals surface area contributed by atoms with Gasteiger partial charge >= 0.3 is 0 Å². The van der Waals surface area contributed by atoms with Gasteiger partial charge in [0.2, 0.25) is 0 Å². The SMILES string of the molecule is CC(=O)C[C@H](C)CCOCC[C@@H](C)CC(C)=O. The van der Waals surface area contributed by atoms with Gasteiger partial charge in [-0.3, -0.25) is 0 Å². The van der Waals surface area contributed by atoms with E-state index in [1.165, 1.54) is 0 Å². The highest BCUT2D eigenvalue weighted by molar-refractivity contribution is 5.75. The van der Waals surface area contributed by atoms with E-state index in [4.69, 9.17) is 4.74 Å².